The highest BCUT2D eigenvalue weighted by molar-refractivity contribution is 5.97. The van der Waals surface area contributed by atoms with Crippen LogP contribution in [0.2, 0.25) is 0 Å². The molecule has 1 fully saturated rings. The van der Waals surface area contributed by atoms with Crippen molar-refractivity contribution >= 4 is 17.5 Å². The average Bonchev–Trinajstić information content (AvgIpc) is 2.86. The largest absolute Gasteiger partial charge is 0.493 e. The number of methoxy groups -OCH3 is 2. The van der Waals surface area contributed by atoms with Crippen molar-refractivity contribution in [3.05, 3.63) is 18.2 Å². The first-order chi connectivity index (χ1) is 10.5. The Bertz CT molecular complexity index is 571. The van der Waals surface area contributed by atoms with Crippen molar-refractivity contribution in [2.24, 2.45) is 5.92 Å². The van der Waals surface area contributed by atoms with Gasteiger partial charge in [-0.25, -0.2) is 0 Å². The van der Waals surface area contributed by atoms with Crippen molar-refractivity contribution in [3.63, 3.8) is 0 Å². The zero-order chi connectivity index (χ0) is 16.3. The minimum atomic E-state index is -0.157. The minimum Gasteiger partial charge on any atom is -0.493 e. The summed E-state index contributed by atoms with van der Waals surface area (Å²) in [4.78, 5) is 25.6. The zero-order valence-corrected chi connectivity index (χ0v) is 13.4. The third-order valence-electron chi connectivity index (χ3n) is 3.67. The van der Waals surface area contributed by atoms with Crippen LogP contribution >= 0.6 is 0 Å². The Hall–Kier alpha value is -2.24. The van der Waals surface area contributed by atoms with E-state index in [2.05, 4.69) is 5.32 Å². The molecule has 0 unspecified atom stereocenters. The van der Waals surface area contributed by atoms with E-state index in [0.717, 1.165) is 5.69 Å². The predicted molar refractivity (Wildman–Crippen MR) is 83.3 cm³/mol. The van der Waals surface area contributed by atoms with Gasteiger partial charge in [0.15, 0.2) is 11.5 Å². The molecule has 1 heterocycles. The van der Waals surface area contributed by atoms with Crippen LogP contribution in [0.25, 0.3) is 0 Å². The Morgan fingerprint density at radius 1 is 1.27 bits per heavy atom. The first-order valence-electron chi connectivity index (χ1n) is 7.29. The molecule has 1 aliphatic rings. The number of carbonyl (C=O) groups is 2. The van der Waals surface area contributed by atoms with Gasteiger partial charge in [-0.05, 0) is 12.1 Å². The summed E-state index contributed by atoms with van der Waals surface area (Å²) in [6, 6.07) is 5.19. The molecule has 22 heavy (non-hydrogen) atoms. The predicted octanol–water partition coefficient (Wildman–Crippen LogP) is 1.58. The molecule has 0 spiro atoms. The molecule has 0 aliphatic carbocycles. The number of nitrogens with zero attached hydrogens (tertiary/aromatic N) is 1. The number of rotatable bonds is 5. The number of benzene rings is 1. The number of carbonyl (C=O) groups excluding carboxylic acids is 2. The van der Waals surface area contributed by atoms with Gasteiger partial charge in [-0.15, -0.1) is 0 Å². The van der Waals surface area contributed by atoms with Gasteiger partial charge in [-0.3, -0.25) is 9.59 Å². The first-order valence-corrected chi connectivity index (χ1v) is 7.29. The molecule has 2 rings (SSSR count). The molecule has 1 aliphatic heterocycles. The van der Waals surface area contributed by atoms with Crippen LogP contribution in [-0.4, -0.2) is 38.6 Å². The van der Waals surface area contributed by atoms with E-state index in [9.17, 15) is 9.59 Å². The summed E-state index contributed by atoms with van der Waals surface area (Å²) in [7, 11) is 3.12. The lowest BCUT2D eigenvalue weighted by atomic mass is 10.2. The molecule has 1 saturated heterocycles. The summed E-state index contributed by atoms with van der Waals surface area (Å²) in [6.45, 7) is 4.13. The lowest BCUT2D eigenvalue weighted by Gasteiger charge is -2.19. The number of hydrogen-bond donors (Lipinski definition) is 1. The third-order valence-corrected chi connectivity index (χ3v) is 3.67. The fraction of sp³-hybridized carbons (Fsp3) is 0.500. The number of ether oxygens (including phenoxy) is 2. The van der Waals surface area contributed by atoms with E-state index in [1.54, 1.807) is 31.3 Å². The van der Waals surface area contributed by atoms with Gasteiger partial charge in [0, 0.05) is 30.6 Å². The van der Waals surface area contributed by atoms with E-state index in [1.807, 2.05) is 19.9 Å². The Labute approximate surface area is 130 Å². The molecule has 0 aromatic heterocycles. The van der Waals surface area contributed by atoms with Crippen LogP contribution in [0.1, 0.15) is 20.3 Å². The van der Waals surface area contributed by atoms with Gasteiger partial charge in [0.1, 0.15) is 0 Å². The van der Waals surface area contributed by atoms with E-state index < -0.39 is 0 Å². The Morgan fingerprint density at radius 3 is 2.55 bits per heavy atom. The molecule has 120 valence electrons. The Kier molecular flexibility index (Phi) is 4.90. The van der Waals surface area contributed by atoms with Crippen molar-refractivity contribution in [2.75, 3.05) is 25.7 Å². The summed E-state index contributed by atoms with van der Waals surface area (Å²) in [6.07, 6.45) is 0.312. The van der Waals surface area contributed by atoms with E-state index in [-0.39, 0.29) is 23.8 Å². The van der Waals surface area contributed by atoms with Gasteiger partial charge in [-0.2, -0.15) is 0 Å². The van der Waals surface area contributed by atoms with Crippen molar-refractivity contribution in [3.8, 4) is 11.5 Å². The number of nitrogens with one attached hydrogen (secondary N) is 1. The second-order valence-corrected chi connectivity index (χ2v) is 5.61. The lowest BCUT2D eigenvalue weighted by molar-refractivity contribution is -0.124. The lowest BCUT2D eigenvalue weighted by Crippen LogP contribution is -2.39. The highest BCUT2D eigenvalue weighted by Crippen LogP contribution is 2.33. The van der Waals surface area contributed by atoms with Crippen LogP contribution in [-0.2, 0) is 9.59 Å². The molecule has 6 nitrogen and oxygen atoms in total. The summed E-state index contributed by atoms with van der Waals surface area (Å²) in [5.74, 6) is 1.04. The molecule has 1 aromatic carbocycles. The zero-order valence-electron chi connectivity index (χ0n) is 13.4. The van der Waals surface area contributed by atoms with Gasteiger partial charge in [0.25, 0.3) is 0 Å². The van der Waals surface area contributed by atoms with Crippen LogP contribution in [0.5, 0.6) is 11.5 Å². The third kappa shape index (κ3) is 3.32. The van der Waals surface area contributed by atoms with Gasteiger partial charge in [0.05, 0.1) is 20.3 Å². The van der Waals surface area contributed by atoms with Gasteiger partial charge < -0.3 is 19.7 Å². The Morgan fingerprint density at radius 2 is 1.95 bits per heavy atom. The monoisotopic (exact) mass is 306 g/mol. The number of anilines is 1. The van der Waals surface area contributed by atoms with E-state index in [0.29, 0.717) is 24.5 Å². The van der Waals surface area contributed by atoms with E-state index >= 15 is 0 Å². The Balaban J connectivity index is 2.13. The number of hydrogen-bond acceptors (Lipinski definition) is 4. The van der Waals surface area contributed by atoms with Gasteiger partial charge in [-0.1, -0.05) is 13.8 Å². The van der Waals surface area contributed by atoms with Crippen LogP contribution in [0.4, 0.5) is 5.69 Å². The smallest absolute Gasteiger partial charge is 0.229 e. The van der Waals surface area contributed by atoms with Crippen molar-refractivity contribution in [2.45, 2.75) is 26.3 Å². The van der Waals surface area contributed by atoms with Crippen LogP contribution < -0.4 is 19.7 Å². The van der Waals surface area contributed by atoms with Crippen LogP contribution in [0.15, 0.2) is 18.2 Å². The van der Waals surface area contributed by atoms with E-state index in [4.69, 9.17) is 9.47 Å². The maximum Gasteiger partial charge on any atom is 0.229 e. The fourth-order valence-corrected chi connectivity index (χ4v) is 2.41. The topological polar surface area (TPSA) is 67.9 Å². The van der Waals surface area contributed by atoms with Crippen molar-refractivity contribution in [1.82, 2.24) is 5.32 Å². The normalized spacial score (nSPS) is 17.8. The molecule has 1 atom stereocenters. The average molecular weight is 306 g/mol. The van der Waals surface area contributed by atoms with Gasteiger partial charge >= 0.3 is 0 Å². The summed E-state index contributed by atoms with van der Waals surface area (Å²) in [5, 5.41) is 2.90. The van der Waals surface area contributed by atoms with Crippen LogP contribution in [0, 0.1) is 5.92 Å². The number of amides is 2. The second-order valence-electron chi connectivity index (χ2n) is 5.61. The summed E-state index contributed by atoms with van der Waals surface area (Å²) >= 11 is 0. The SMILES string of the molecule is COc1ccc(N2C[C@H](NC(=O)C(C)C)CC2=O)cc1OC. The maximum atomic E-state index is 12.2. The summed E-state index contributed by atoms with van der Waals surface area (Å²) in [5.41, 5.74) is 0.740. The molecule has 6 heteroatoms. The molecule has 0 saturated carbocycles. The molecule has 0 bridgehead atoms. The van der Waals surface area contributed by atoms with Crippen molar-refractivity contribution in [1.29, 1.82) is 0 Å². The van der Waals surface area contributed by atoms with E-state index in [1.165, 1.54) is 0 Å². The molecule has 2 amide bonds. The maximum absolute atomic E-state index is 12.2. The molecular formula is C16H22N2O4. The first kappa shape index (κ1) is 16.1. The van der Waals surface area contributed by atoms with Crippen molar-refractivity contribution < 1.29 is 19.1 Å². The highest BCUT2D eigenvalue weighted by atomic mass is 16.5. The van der Waals surface area contributed by atoms with Crippen LogP contribution in [0.3, 0.4) is 0 Å². The second kappa shape index (κ2) is 6.68. The summed E-state index contributed by atoms with van der Waals surface area (Å²) < 4.78 is 10.5. The quantitative estimate of drug-likeness (QED) is 0.897. The molecule has 1 N–H and O–H groups in total. The molecule has 0 radical (unpaired) electrons. The molecule has 1 aromatic rings. The minimum absolute atomic E-state index is 0.0127. The highest BCUT2D eigenvalue weighted by Gasteiger charge is 2.32. The van der Waals surface area contributed by atoms with Gasteiger partial charge in [0.2, 0.25) is 11.8 Å². The fourth-order valence-electron chi connectivity index (χ4n) is 2.41. The molecular weight excluding hydrogens is 284 g/mol. The standard InChI is InChI=1S/C16H22N2O4/c1-10(2)16(20)17-11-7-15(19)18(9-11)12-5-6-13(21-3)14(8-12)22-4/h5-6,8,10-11H,7,9H2,1-4H3,(H,17,20)/t11-/m1/s1.